The summed E-state index contributed by atoms with van der Waals surface area (Å²) < 4.78 is 0. The Bertz CT molecular complexity index is 578. The van der Waals surface area contributed by atoms with Crippen LogP contribution in [0.4, 0.5) is 16.6 Å². The Morgan fingerprint density at radius 2 is 2.04 bits per heavy atom. The molecule has 0 radical (unpaired) electrons. The topological polar surface area (TPSA) is 76.6 Å². The second-order valence-electron chi connectivity index (χ2n) is 6.69. The van der Waals surface area contributed by atoms with Crippen LogP contribution in [0, 0.1) is 6.92 Å². The van der Waals surface area contributed by atoms with Gasteiger partial charge in [-0.2, -0.15) is 4.98 Å². The third-order valence-corrected chi connectivity index (χ3v) is 4.67. The molecule has 2 aliphatic heterocycles. The Kier molecular flexibility index (Phi) is 5.15. The standard InChI is InChI=1S/C16H27N7O/c1-12-10-14(21(2)3)19-15(18-12)20-16(24)23-8-6-22(7-9-23)13-4-5-17-11-13/h10,13,17H,4-9,11H2,1-3H3,(H,18,19,20,24). The molecule has 132 valence electrons. The van der Waals surface area contributed by atoms with E-state index in [9.17, 15) is 4.79 Å². The minimum atomic E-state index is -0.116. The highest BCUT2D eigenvalue weighted by molar-refractivity contribution is 5.87. The van der Waals surface area contributed by atoms with Crippen molar-refractivity contribution in [2.75, 3.05) is 63.6 Å². The highest BCUT2D eigenvalue weighted by Crippen LogP contribution is 2.15. The maximum atomic E-state index is 12.5. The first-order chi connectivity index (χ1) is 11.5. The van der Waals surface area contributed by atoms with E-state index >= 15 is 0 Å². The fourth-order valence-corrected chi connectivity index (χ4v) is 3.25. The Labute approximate surface area is 143 Å². The molecule has 2 aliphatic rings. The van der Waals surface area contributed by atoms with Crippen LogP contribution in [0.1, 0.15) is 12.1 Å². The predicted octanol–water partition coefficient (Wildman–Crippen LogP) is 0.362. The number of anilines is 2. The molecule has 0 saturated carbocycles. The summed E-state index contributed by atoms with van der Waals surface area (Å²) in [5.41, 5.74) is 0.836. The van der Waals surface area contributed by atoms with Crippen LogP contribution >= 0.6 is 0 Å². The predicted molar refractivity (Wildman–Crippen MR) is 94.5 cm³/mol. The number of hydrogen-bond acceptors (Lipinski definition) is 6. The average molecular weight is 333 g/mol. The molecule has 24 heavy (non-hydrogen) atoms. The molecular weight excluding hydrogens is 306 g/mol. The molecule has 1 unspecified atom stereocenters. The van der Waals surface area contributed by atoms with Gasteiger partial charge >= 0.3 is 6.03 Å². The van der Waals surface area contributed by atoms with Gasteiger partial charge in [-0.1, -0.05) is 0 Å². The molecule has 1 aromatic heterocycles. The number of carbonyl (C=O) groups excluding carboxylic acids is 1. The molecule has 8 heteroatoms. The quantitative estimate of drug-likeness (QED) is 0.832. The Hall–Kier alpha value is -1.93. The van der Waals surface area contributed by atoms with Crippen molar-refractivity contribution >= 4 is 17.8 Å². The minimum Gasteiger partial charge on any atom is -0.363 e. The number of carbonyl (C=O) groups is 1. The number of urea groups is 1. The number of hydrogen-bond donors (Lipinski definition) is 2. The summed E-state index contributed by atoms with van der Waals surface area (Å²) in [5.74, 6) is 1.16. The van der Waals surface area contributed by atoms with E-state index in [0.29, 0.717) is 12.0 Å². The number of nitrogens with one attached hydrogen (secondary N) is 2. The zero-order valence-electron chi connectivity index (χ0n) is 14.7. The lowest BCUT2D eigenvalue weighted by Gasteiger charge is -2.37. The first-order valence-corrected chi connectivity index (χ1v) is 8.56. The molecule has 0 aliphatic carbocycles. The highest BCUT2D eigenvalue weighted by atomic mass is 16.2. The molecule has 0 spiro atoms. The second kappa shape index (κ2) is 7.31. The molecule has 3 rings (SSSR count). The minimum absolute atomic E-state index is 0.116. The zero-order chi connectivity index (χ0) is 17.1. The number of piperazine rings is 1. The maximum Gasteiger partial charge on any atom is 0.324 e. The number of nitrogens with zero attached hydrogens (tertiary/aromatic N) is 5. The van der Waals surface area contributed by atoms with Gasteiger partial charge in [0.15, 0.2) is 0 Å². The Balaban J connectivity index is 1.56. The number of aromatic nitrogens is 2. The summed E-state index contributed by atoms with van der Waals surface area (Å²) >= 11 is 0. The van der Waals surface area contributed by atoms with Crippen molar-refractivity contribution in [3.63, 3.8) is 0 Å². The molecule has 3 heterocycles. The number of aryl methyl sites for hydroxylation is 1. The molecule has 2 saturated heterocycles. The van der Waals surface area contributed by atoms with Crippen molar-refractivity contribution in [3.8, 4) is 0 Å². The normalized spacial score (nSPS) is 21.8. The Morgan fingerprint density at radius 3 is 2.67 bits per heavy atom. The lowest BCUT2D eigenvalue weighted by molar-refractivity contribution is 0.119. The summed E-state index contributed by atoms with van der Waals surface area (Å²) in [7, 11) is 3.84. The molecule has 2 N–H and O–H groups in total. The van der Waals surface area contributed by atoms with E-state index in [2.05, 4.69) is 25.5 Å². The summed E-state index contributed by atoms with van der Waals surface area (Å²) in [4.78, 5) is 27.4. The van der Waals surface area contributed by atoms with Gasteiger partial charge in [-0.15, -0.1) is 0 Å². The van der Waals surface area contributed by atoms with Gasteiger partial charge in [-0.05, 0) is 19.9 Å². The summed E-state index contributed by atoms with van der Waals surface area (Å²) in [5, 5.41) is 6.24. The van der Waals surface area contributed by atoms with E-state index in [-0.39, 0.29) is 6.03 Å². The molecule has 0 bridgehead atoms. The van der Waals surface area contributed by atoms with Gasteiger partial charge in [0, 0.05) is 64.6 Å². The van der Waals surface area contributed by atoms with Crippen molar-refractivity contribution in [2.45, 2.75) is 19.4 Å². The zero-order valence-corrected chi connectivity index (χ0v) is 14.7. The van der Waals surface area contributed by atoms with Crippen molar-refractivity contribution in [1.29, 1.82) is 0 Å². The maximum absolute atomic E-state index is 12.5. The van der Waals surface area contributed by atoms with E-state index in [0.717, 1.165) is 50.8 Å². The van der Waals surface area contributed by atoms with E-state index in [4.69, 9.17) is 0 Å². The lowest BCUT2D eigenvalue weighted by Crippen LogP contribution is -2.53. The molecule has 1 atom stereocenters. The van der Waals surface area contributed by atoms with Gasteiger partial charge in [0.1, 0.15) is 5.82 Å². The average Bonchev–Trinajstić information content (AvgIpc) is 3.09. The van der Waals surface area contributed by atoms with Gasteiger partial charge in [-0.25, -0.2) is 9.78 Å². The second-order valence-corrected chi connectivity index (χ2v) is 6.69. The van der Waals surface area contributed by atoms with Crippen LogP contribution in [0.5, 0.6) is 0 Å². The van der Waals surface area contributed by atoms with E-state index in [1.165, 1.54) is 6.42 Å². The number of amides is 2. The Morgan fingerprint density at radius 1 is 1.29 bits per heavy atom. The molecule has 2 amide bonds. The first kappa shape index (κ1) is 16.9. The monoisotopic (exact) mass is 333 g/mol. The summed E-state index contributed by atoms with van der Waals surface area (Å²) in [6.45, 7) is 7.41. The van der Waals surface area contributed by atoms with Crippen molar-refractivity contribution in [3.05, 3.63) is 11.8 Å². The summed E-state index contributed by atoms with van der Waals surface area (Å²) in [6.07, 6.45) is 1.21. The molecule has 0 aromatic carbocycles. The van der Waals surface area contributed by atoms with Crippen LogP contribution in [0.2, 0.25) is 0 Å². The van der Waals surface area contributed by atoms with Gasteiger partial charge in [-0.3, -0.25) is 10.2 Å². The van der Waals surface area contributed by atoms with Crippen molar-refractivity contribution in [1.82, 2.24) is 25.1 Å². The van der Waals surface area contributed by atoms with Crippen LogP contribution in [-0.4, -0.2) is 85.2 Å². The van der Waals surface area contributed by atoms with E-state index < -0.39 is 0 Å². The van der Waals surface area contributed by atoms with Gasteiger partial charge in [0.2, 0.25) is 5.95 Å². The van der Waals surface area contributed by atoms with Crippen LogP contribution in [0.3, 0.4) is 0 Å². The van der Waals surface area contributed by atoms with Crippen LogP contribution in [-0.2, 0) is 0 Å². The van der Waals surface area contributed by atoms with Gasteiger partial charge in [0.25, 0.3) is 0 Å². The molecular formula is C16H27N7O. The number of rotatable bonds is 3. The van der Waals surface area contributed by atoms with E-state index in [1.54, 1.807) is 0 Å². The van der Waals surface area contributed by atoms with Crippen molar-refractivity contribution in [2.24, 2.45) is 0 Å². The van der Waals surface area contributed by atoms with Crippen LogP contribution < -0.4 is 15.5 Å². The third kappa shape index (κ3) is 3.93. The molecule has 1 aromatic rings. The van der Waals surface area contributed by atoms with Crippen molar-refractivity contribution < 1.29 is 4.79 Å². The largest absolute Gasteiger partial charge is 0.363 e. The van der Waals surface area contributed by atoms with Gasteiger partial charge < -0.3 is 15.1 Å². The van der Waals surface area contributed by atoms with Crippen LogP contribution in [0.25, 0.3) is 0 Å². The molecule has 2 fully saturated rings. The third-order valence-electron chi connectivity index (χ3n) is 4.67. The first-order valence-electron chi connectivity index (χ1n) is 8.56. The fourth-order valence-electron chi connectivity index (χ4n) is 3.25. The lowest BCUT2D eigenvalue weighted by atomic mass is 10.2. The molecule has 8 nitrogen and oxygen atoms in total. The summed E-state index contributed by atoms with van der Waals surface area (Å²) in [6, 6.07) is 2.40. The fraction of sp³-hybridized carbons (Fsp3) is 0.688. The highest BCUT2D eigenvalue weighted by Gasteiger charge is 2.28. The van der Waals surface area contributed by atoms with Gasteiger partial charge in [0.05, 0.1) is 0 Å². The van der Waals surface area contributed by atoms with Crippen LogP contribution in [0.15, 0.2) is 6.07 Å². The SMILES string of the molecule is Cc1cc(N(C)C)nc(NC(=O)N2CCN(C3CCNC3)CC2)n1. The smallest absolute Gasteiger partial charge is 0.324 e. The van der Waals surface area contributed by atoms with E-state index in [1.807, 2.05) is 36.9 Å².